The molecule has 3 heteroatoms. The third kappa shape index (κ3) is 1.37. The number of aliphatic imine (C=N–C) groups is 1. The van der Waals surface area contributed by atoms with Gasteiger partial charge in [-0.15, -0.1) is 0 Å². The number of nitrogens with zero attached hydrogens (tertiary/aromatic N) is 2. The molecule has 0 fully saturated rings. The van der Waals surface area contributed by atoms with Gasteiger partial charge in [0.15, 0.2) is 5.84 Å². The lowest BCUT2D eigenvalue weighted by Crippen LogP contribution is -2.30. The van der Waals surface area contributed by atoms with Crippen LogP contribution in [-0.4, -0.2) is 15.7 Å². The molecule has 3 nitrogen and oxygen atoms in total. The summed E-state index contributed by atoms with van der Waals surface area (Å²) in [6.07, 6.45) is 4.19. The smallest absolute Gasteiger partial charge is 0.162 e. The van der Waals surface area contributed by atoms with Crippen LogP contribution in [0.5, 0.6) is 0 Å². The van der Waals surface area contributed by atoms with E-state index in [0.29, 0.717) is 0 Å². The summed E-state index contributed by atoms with van der Waals surface area (Å²) in [5.41, 5.74) is 6.39. The SMILES string of the molecule is C=C1c2ccccc2N=C2c3[nH]c4ccccc4c3C=CN12. The van der Waals surface area contributed by atoms with Gasteiger partial charge in [0.25, 0.3) is 0 Å². The molecule has 3 heterocycles. The summed E-state index contributed by atoms with van der Waals surface area (Å²) in [5.74, 6) is 0.914. The van der Waals surface area contributed by atoms with E-state index in [1.165, 1.54) is 10.9 Å². The second-order valence-electron chi connectivity index (χ2n) is 5.54. The highest BCUT2D eigenvalue weighted by Gasteiger charge is 2.28. The predicted octanol–water partition coefficient (Wildman–Crippen LogP) is 4.52. The number of H-pyrrole nitrogens is 1. The summed E-state index contributed by atoms with van der Waals surface area (Å²) in [7, 11) is 0. The normalized spacial score (nSPS) is 15.4. The Hall–Kier alpha value is -3.07. The lowest BCUT2D eigenvalue weighted by atomic mass is 10.0. The standard InChI is InChI=1S/C19H13N3/c1-12-13-6-2-4-8-16(13)21-19-18-15(10-11-22(12)19)14-7-3-5-9-17(14)20-18/h2-11,20H,1H2. The maximum absolute atomic E-state index is 4.85. The van der Waals surface area contributed by atoms with Gasteiger partial charge >= 0.3 is 0 Å². The molecule has 0 bridgehead atoms. The molecule has 0 atom stereocenters. The zero-order valence-electron chi connectivity index (χ0n) is 11.9. The second-order valence-corrected chi connectivity index (χ2v) is 5.54. The van der Waals surface area contributed by atoms with Gasteiger partial charge in [-0.2, -0.15) is 0 Å². The second kappa shape index (κ2) is 3.98. The molecule has 2 aromatic carbocycles. The quantitative estimate of drug-likeness (QED) is 0.646. The van der Waals surface area contributed by atoms with Gasteiger partial charge in [0, 0.05) is 33.9 Å². The van der Waals surface area contributed by atoms with E-state index in [-0.39, 0.29) is 0 Å². The fourth-order valence-electron chi connectivity index (χ4n) is 3.24. The van der Waals surface area contributed by atoms with Crippen LogP contribution in [0, 0.1) is 0 Å². The molecule has 0 unspecified atom stereocenters. The molecule has 0 amide bonds. The van der Waals surface area contributed by atoms with Crippen molar-refractivity contribution >= 4 is 34.2 Å². The third-order valence-corrected chi connectivity index (χ3v) is 4.32. The number of hydrogen-bond acceptors (Lipinski definition) is 2. The summed E-state index contributed by atoms with van der Waals surface area (Å²) in [6.45, 7) is 4.25. The van der Waals surface area contributed by atoms with E-state index >= 15 is 0 Å². The summed E-state index contributed by atoms with van der Waals surface area (Å²) in [4.78, 5) is 10.4. The average molecular weight is 283 g/mol. The maximum atomic E-state index is 4.85. The Morgan fingerprint density at radius 2 is 1.82 bits per heavy atom. The van der Waals surface area contributed by atoms with Crippen molar-refractivity contribution in [2.24, 2.45) is 4.99 Å². The van der Waals surface area contributed by atoms with E-state index in [9.17, 15) is 0 Å². The molecule has 1 aromatic heterocycles. The van der Waals surface area contributed by atoms with Gasteiger partial charge in [0.2, 0.25) is 0 Å². The zero-order valence-corrected chi connectivity index (χ0v) is 11.9. The summed E-state index contributed by atoms with van der Waals surface area (Å²) in [6, 6.07) is 16.5. The number of para-hydroxylation sites is 2. The van der Waals surface area contributed by atoms with Gasteiger partial charge in [-0.1, -0.05) is 43.0 Å². The summed E-state index contributed by atoms with van der Waals surface area (Å²) >= 11 is 0. The number of benzene rings is 2. The molecule has 22 heavy (non-hydrogen) atoms. The van der Waals surface area contributed by atoms with E-state index in [1.807, 2.05) is 24.3 Å². The van der Waals surface area contributed by atoms with E-state index in [0.717, 1.165) is 34.0 Å². The molecular formula is C19H13N3. The summed E-state index contributed by atoms with van der Waals surface area (Å²) in [5, 5.41) is 1.22. The number of amidine groups is 1. The molecular weight excluding hydrogens is 270 g/mol. The van der Waals surface area contributed by atoms with Crippen LogP contribution in [-0.2, 0) is 0 Å². The fourth-order valence-corrected chi connectivity index (χ4v) is 3.24. The molecule has 0 spiro atoms. The van der Waals surface area contributed by atoms with Crippen LogP contribution < -0.4 is 0 Å². The fraction of sp³-hybridized carbons (Fsp3) is 0. The lowest BCUT2D eigenvalue weighted by Gasteiger charge is -2.31. The van der Waals surface area contributed by atoms with Gasteiger partial charge in [-0.25, -0.2) is 4.99 Å². The first-order valence-electron chi connectivity index (χ1n) is 7.28. The Morgan fingerprint density at radius 3 is 2.77 bits per heavy atom. The Balaban J connectivity index is 1.83. The molecule has 3 aromatic rings. The minimum Gasteiger partial charge on any atom is -0.351 e. The first-order valence-corrected chi connectivity index (χ1v) is 7.28. The van der Waals surface area contributed by atoms with Crippen LogP contribution in [0.15, 0.2) is 66.3 Å². The van der Waals surface area contributed by atoms with Crippen molar-refractivity contribution in [2.75, 3.05) is 0 Å². The minimum absolute atomic E-state index is 0.914. The monoisotopic (exact) mass is 283 g/mol. The Labute approximate surface area is 127 Å². The highest BCUT2D eigenvalue weighted by Crippen LogP contribution is 2.38. The Bertz CT molecular complexity index is 1000. The van der Waals surface area contributed by atoms with Crippen molar-refractivity contribution in [1.82, 2.24) is 9.88 Å². The molecule has 0 saturated heterocycles. The van der Waals surface area contributed by atoms with Crippen LogP contribution in [0.3, 0.4) is 0 Å². The average Bonchev–Trinajstić information content (AvgIpc) is 2.94. The number of fused-ring (bicyclic) bond motifs is 6. The molecule has 2 aliphatic heterocycles. The number of aromatic amines is 1. The number of hydrogen-bond donors (Lipinski definition) is 1. The third-order valence-electron chi connectivity index (χ3n) is 4.32. The first-order chi connectivity index (χ1) is 10.8. The number of nitrogens with one attached hydrogen (secondary N) is 1. The van der Waals surface area contributed by atoms with Gasteiger partial charge in [-0.05, 0) is 18.2 Å². The molecule has 0 radical (unpaired) electrons. The number of aromatic nitrogens is 1. The molecule has 1 N–H and O–H groups in total. The van der Waals surface area contributed by atoms with E-state index in [4.69, 9.17) is 4.99 Å². The summed E-state index contributed by atoms with van der Waals surface area (Å²) < 4.78 is 0. The van der Waals surface area contributed by atoms with Gasteiger partial charge in [0.05, 0.1) is 11.4 Å². The van der Waals surface area contributed by atoms with Gasteiger partial charge < -0.3 is 4.98 Å². The van der Waals surface area contributed by atoms with Crippen molar-refractivity contribution in [3.05, 3.63) is 78.1 Å². The molecule has 2 aliphatic rings. The van der Waals surface area contributed by atoms with Crippen molar-refractivity contribution in [1.29, 1.82) is 0 Å². The predicted molar refractivity (Wildman–Crippen MR) is 90.8 cm³/mol. The van der Waals surface area contributed by atoms with Crippen molar-refractivity contribution in [3.63, 3.8) is 0 Å². The maximum Gasteiger partial charge on any atom is 0.162 e. The van der Waals surface area contributed by atoms with Gasteiger partial charge in [0.1, 0.15) is 0 Å². The Morgan fingerprint density at radius 1 is 1.00 bits per heavy atom. The molecule has 0 aliphatic carbocycles. The van der Waals surface area contributed by atoms with Crippen molar-refractivity contribution < 1.29 is 0 Å². The topological polar surface area (TPSA) is 31.4 Å². The van der Waals surface area contributed by atoms with Crippen LogP contribution in [0.2, 0.25) is 0 Å². The van der Waals surface area contributed by atoms with E-state index in [1.54, 1.807) is 0 Å². The minimum atomic E-state index is 0.914. The van der Waals surface area contributed by atoms with Crippen LogP contribution >= 0.6 is 0 Å². The molecule has 104 valence electrons. The van der Waals surface area contributed by atoms with E-state index < -0.39 is 0 Å². The van der Waals surface area contributed by atoms with E-state index in [2.05, 4.69) is 53.0 Å². The Kier molecular flexibility index (Phi) is 2.09. The van der Waals surface area contributed by atoms with Crippen LogP contribution in [0.25, 0.3) is 22.7 Å². The molecule has 0 saturated carbocycles. The van der Waals surface area contributed by atoms with Crippen LogP contribution in [0.4, 0.5) is 5.69 Å². The van der Waals surface area contributed by atoms with Gasteiger partial charge in [-0.3, -0.25) is 4.90 Å². The first kappa shape index (κ1) is 11.6. The highest BCUT2D eigenvalue weighted by molar-refractivity contribution is 6.14. The highest BCUT2D eigenvalue weighted by atomic mass is 15.2. The largest absolute Gasteiger partial charge is 0.351 e. The zero-order chi connectivity index (χ0) is 14.7. The van der Waals surface area contributed by atoms with Crippen molar-refractivity contribution in [2.45, 2.75) is 0 Å². The van der Waals surface area contributed by atoms with Crippen molar-refractivity contribution in [3.8, 4) is 0 Å². The molecule has 5 rings (SSSR count). The number of rotatable bonds is 0. The lowest BCUT2D eigenvalue weighted by molar-refractivity contribution is 0.779. The van der Waals surface area contributed by atoms with Crippen LogP contribution in [0.1, 0.15) is 16.8 Å².